The highest BCUT2D eigenvalue weighted by Gasteiger charge is 2.01. The molecule has 0 amide bonds. The molecule has 0 unspecified atom stereocenters. The number of allylic oxidation sites excluding steroid dienone is 1. The average Bonchev–Trinajstić information content (AvgIpc) is 2.80. The molecule has 1 aliphatic heterocycles. The van der Waals surface area contributed by atoms with E-state index in [1.165, 1.54) is 44.9 Å². The van der Waals surface area contributed by atoms with Crippen LogP contribution < -0.4 is 5.32 Å². The molecule has 0 radical (unpaired) electrons. The van der Waals surface area contributed by atoms with E-state index in [0.29, 0.717) is 0 Å². The molecule has 92 valence electrons. The molecule has 1 N–H and O–H groups in total. The zero-order chi connectivity index (χ0) is 11.5. The van der Waals surface area contributed by atoms with Crippen molar-refractivity contribution in [1.29, 1.82) is 0 Å². The van der Waals surface area contributed by atoms with Crippen LogP contribution in [0.5, 0.6) is 0 Å². The van der Waals surface area contributed by atoms with Crippen LogP contribution in [0.15, 0.2) is 16.5 Å². The predicted octanol–water partition coefficient (Wildman–Crippen LogP) is 3.94. The number of amidine groups is 1. The molecule has 0 fully saturated rings. The van der Waals surface area contributed by atoms with Gasteiger partial charge < -0.3 is 5.32 Å². The molecule has 3 heteroatoms. The van der Waals surface area contributed by atoms with E-state index in [1.807, 2.05) is 0 Å². The summed E-state index contributed by atoms with van der Waals surface area (Å²) in [6, 6.07) is 0. The van der Waals surface area contributed by atoms with E-state index in [1.54, 1.807) is 11.8 Å². The summed E-state index contributed by atoms with van der Waals surface area (Å²) in [5.41, 5.74) is 0. The van der Waals surface area contributed by atoms with Crippen LogP contribution in [0.1, 0.15) is 51.9 Å². The monoisotopic (exact) mass is 240 g/mol. The van der Waals surface area contributed by atoms with Gasteiger partial charge in [0, 0.05) is 6.54 Å². The maximum absolute atomic E-state index is 4.32. The molecule has 1 rings (SSSR count). The Morgan fingerprint density at radius 3 is 2.81 bits per heavy atom. The van der Waals surface area contributed by atoms with Gasteiger partial charge in [0.2, 0.25) is 0 Å². The standard InChI is InChI=1S/C13H24N2S/c1-2-3-4-5-6-7-8-9-12-16-13-14-10-11-15-13/h9,12H,2-8,10-11H2,1H3,(H,14,15)/b12-9-. The van der Waals surface area contributed by atoms with Gasteiger partial charge in [0.1, 0.15) is 0 Å². The summed E-state index contributed by atoms with van der Waals surface area (Å²) in [7, 11) is 0. The van der Waals surface area contributed by atoms with Gasteiger partial charge >= 0.3 is 0 Å². The van der Waals surface area contributed by atoms with Gasteiger partial charge in [0.15, 0.2) is 5.17 Å². The third-order valence-corrected chi connectivity index (χ3v) is 3.47. The van der Waals surface area contributed by atoms with Crippen LogP contribution in [0.3, 0.4) is 0 Å². The minimum Gasteiger partial charge on any atom is -0.363 e. The first kappa shape index (κ1) is 13.6. The van der Waals surface area contributed by atoms with Gasteiger partial charge in [-0.3, -0.25) is 4.99 Å². The molecule has 0 aliphatic carbocycles. The number of aliphatic imine (C=N–C) groups is 1. The maximum atomic E-state index is 4.32. The van der Waals surface area contributed by atoms with Gasteiger partial charge in [-0.05, 0) is 18.2 Å². The molecule has 2 nitrogen and oxygen atoms in total. The second kappa shape index (κ2) is 9.76. The highest BCUT2D eigenvalue weighted by molar-refractivity contribution is 8.16. The first-order chi connectivity index (χ1) is 7.93. The molecule has 0 aromatic rings. The molecule has 1 aliphatic rings. The Morgan fingerprint density at radius 2 is 2.06 bits per heavy atom. The number of hydrogen-bond donors (Lipinski definition) is 1. The maximum Gasteiger partial charge on any atom is 0.160 e. The second-order valence-corrected chi connectivity index (χ2v) is 5.05. The second-order valence-electron chi connectivity index (χ2n) is 4.16. The highest BCUT2D eigenvalue weighted by atomic mass is 32.2. The average molecular weight is 240 g/mol. The van der Waals surface area contributed by atoms with Crippen molar-refractivity contribution >= 4 is 16.9 Å². The first-order valence-corrected chi connectivity index (χ1v) is 7.41. The van der Waals surface area contributed by atoms with Crippen LogP contribution in [0.4, 0.5) is 0 Å². The lowest BCUT2D eigenvalue weighted by atomic mass is 10.1. The van der Waals surface area contributed by atoms with E-state index in [9.17, 15) is 0 Å². The van der Waals surface area contributed by atoms with Crippen LogP contribution in [-0.2, 0) is 0 Å². The number of nitrogens with one attached hydrogen (secondary N) is 1. The van der Waals surface area contributed by atoms with Crippen molar-refractivity contribution in [2.45, 2.75) is 51.9 Å². The summed E-state index contributed by atoms with van der Waals surface area (Å²) < 4.78 is 0. The Labute approximate surface area is 104 Å². The third kappa shape index (κ3) is 6.94. The van der Waals surface area contributed by atoms with Crippen molar-refractivity contribution in [1.82, 2.24) is 5.32 Å². The molecule has 0 bridgehead atoms. The number of hydrogen-bond acceptors (Lipinski definition) is 3. The summed E-state index contributed by atoms with van der Waals surface area (Å²) in [6.45, 7) is 4.21. The molecule has 1 heterocycles. The zero-order valence-electron chi connectivity index (χ0n) is 10.4. The molecule has 0 saturated heterocycles. The normalized spacial score (nSPS) is 15.4. The smallest absolute Gasteiger partial charge is 0.160 e. The summed E-state index contributed by atoms with van der Waals surface area (Å²) in [5.74, 6) is 0. The van der Waals surface area contributed by atoms with Crippen LogP contribution >= 0.6 is 11.8 Å². The van der Waals surface area contributed by atoms with Crippen molar-refractivity contribution in [3.63, 3.8) is 0 Å². The number of unbranched alkanes of at least 4 members (excludes halogenated alkanes) is 6. The van der Waals surface area contributed by atoms with Crippen molar-refractivity contribution in [3.8, 4) is 0 Å². The molecule has 0 atom stereocenters. The topological polar surface area (TPSA) is 24.4 Å². The third-order valence-electron chi connectivity index (χ3n) is 2.64. The van der Waals surface area contributed by atoms with Gasteiger partial charge in [-0.15, -0.1) is 0 Å². The van der Waals surface area contributed by atoms with Gasteiger partial charge in [-0.1, -0.05) is 56.9 Å². The predicted molar refractivity (Wildman–Crippen MR) is 75.0 cm³/mol. The number of rotatable bonds is 8. The molecular formula is C13H24N2S. The summed E-state index contributed by atoms with van der Waals surface area (Å²) in [4.78, 5) is 4.32. The summed E-state index contributed by atoms with van der Waals surface area (Å²) in [5, 5.41) is 6.50. The number of thioether (sulfide) groups is 1. The highest BCUT2D eigenvalue weighted by Crippen LogP contribution is 2.10. The van der Waals surface area contributed by atoms with E-state index >= 15 is 0 Å². The fourth-order valence-corrected chi connectivity index (χ4v) is 2.39. The van der Waals surface area contributed by atoms with Crippen LogP contribution in [0, 0.1) is 0 Å². The van der Waals surface area contributed by atoms with Crippen molar-refractivity contribution in [2.75, 3.05) is 13.1 Å². The van der Waals surface area contributed by atoms with E-state index < -0.39 is 0 Å². The van der Waals surface area contributed by atoms with Gasteiger partial charge in [-0.2, -0.15) is 0 Å². The quantitative estimate of drug-likeness (QED) is 0.650. The molecule has 0 spiro atoms. The van der Waals surface area contributed by atoms with Crippen LogP contribution in [0.25, 0.3) is 0 Å². The minimum atomic E-state index is 0.938. The Kier molecular flexibility index (Phi) is 8.31. The first-order valence-electron chi connectivity index (χ1n) is 6.53. The lowest BCUT2D eigenvalue weighted by Gasteiger charge is -1.98. The van der Waals surface area contributed by atoms with Crippen LogP contribution in [0.2, 0.25) is 0 Å². The lowest BCUT2D eigenvalue weighted by molar-refractivity contribution is 0.611. The van der Waals surface area contributed by atoms with E-state index in [2.05, 4.69) is 28.7 Å². The molecule has 0 aromatic heterocycles. The fourth-order valence-electron chi connectivity index (χ4n) is 1.68. The van der Waals surface area contributed by atoms with Crippen LogP contribution in [-0.4, -0.2) is 18.3 Å². The van der Waals surface area contributed by atoms with E-state index in [-0.39, 0.29) is 0 Å². The lowest BCUT2D eigenvalue weighted by Crippen LogP contribution is -2.13. The van der Waals surface area contributed by atoms with E-state index in [4.69, 9.17) is 0 Å². The summed E-state index contributed by atoms with van der Waals surface area (Å²) in [6.07, 6.45) is 11.8. The molecular weight excluding hydrogens is 216 g/mol. The van der Waals surface area contributed by atoms with Gasteiger partial charge in [0.05, 0.1) is 6.54 Å². The number of nitrogens with zero attached hydrogens (tertiary/aromatic N) is 1. The Bertz CT molecular complexity index is 224. The molecule has 0 saturated carbocycles. The fraction of sp³-hybridized carbons (Fsp3) is 0.769. The minimum absolute atomic E-state index is 0.938. The van der Waals surface area contributed by atoms with E-state index in [0.717, 1.165) is 18.3 Å². The van der Waals surface area contributed by atoms with Crippen molar-refractivity contribution in [2.24, 2.45) is 4.99 Å². The van der Waals surface area contributed by atoms with Gasteiger partial charge in [0.25, 0.3) is 0 Å². The Morgan fingerprint density at radius 1 is 1.25 bits per heavy atom. The molecule has 0 aromatic carbocycles. The summed E-state index contributed by atoms with van der Waals surface area (Å²) >= 11 is 1.71. The Balaban J connectivity index is 1.84. The van der Waals surface area contributed by atoms with Gasteiger partial charge in [-0.25, -0.2) is 0 Å². The zero-order valence-corrected chi connectivity index (χ0v) is 11.2. The SMILES string of the molecule is CCCCCCCC/C=C\SC1=NCCN1. The van der Waals surface area contributed by atoms with Crippen molar-refractivity contribution < 1.29 is 0 Å². The Hall–Kier alpha value is -0.440. The van der Waals surface area contributed by atoms with Crippen molar-refractivity contribution in [3.05, 3.63) is 11.5 Å². The largest absolute Gasteiger partial charge is 0.363 e. The molecule has 16 heavy (non-hydrogen) atoms.